The van der Waals surface area contributed by atoms with Crippen molar-refractivity contribution in [2.45, 2.75) is 129 Å². The molecule has 3 aliphatic rings. The topological polar surface area (TPSA) is 171 Å². The minimum atomic E-state index is -3.57. The summed E-state index contributed by atoms with van der Waals surface area (Å²) in [6, 6.07) is -3.73. The molecule has 0 aromatic carbocycles. The van der Waals surface area contributed by atoms with Gasteiger partial charge in [0.15, 0.2) is 9.84 Å². The first-order valence-electron chi connectivity index (χ1n) is 17.5. The number of carbonyl (C=O) groups excluding carboxylic acids is 5. The zero-order valence-corrected chi connectivity index (χ0v) is 31.7. The Bertz CT molecular complexity index is 1430. The number of nitrogens with one attached hydrogen (secondary N) is 4. The quantitative estimate of drug-likeness (QED) is 0.168. The van der Waals surface area contributed by atoms with Crippen molar-refractivity contribution in [2.24, 2.45) is 22.7 Å². The zero-order chi connectivity index (χ0) is 37.2. The van der Waals surface area contributed by atoms with E-state index in [0.29, 0.717) is 19.4 Å². The van der Waals surface area contributed by atoms with Crippen molar-refractivity contribution in [3.8, 4) is 0 Å². The monoisotopic (exact) mass is 705 g/mol. The average Bonchev–Trinajstić information content (AvgIpc) is 3.30. The van der Waals surface area contributed by atoms with E-state index >= 15 is 0 Å². The van der Waals surface area contributed by atoms with Crippen molar-refractivity contribution in [1.29, 1.82) is 0 Å². The van der Waals surface area contributed by atoms with E-state index in [-0.39, 0.29) is 36.0 Å². The van der Waals surface area contributed by atoms with Crippen molar-refractivity contribution in [3.63, 3.8) is 0 Å². The molecular formula is C36H59N5O7S. The molecule has 0 radical (unpaired) electrons. The number of urea groups is 1. The summed E-state index contributed by atoms with van der Waals surface area (Å²) >= 11 is 0. The SMILES string of the molecule is C=CCNC(=O)C(=O)C(C/C=C/C)NC(=O)[C@@H]1C2C(CN1C(=O)[C@@H](NC(=O)NC1(CS(=O)(=O)C(C)(C)C)CCCCC1)C(C)(C)C)C2(C)C. The summed E-state index contributed by atoms with van der Waals surface area (Å²) in [6.45, 7) is 20.2. The van der Waals surface area contributed by atoms with Gasteiger partial charge in [-0.25, -0.2) is 13.2 Å². The molecule has 12 nitrogen and oxygen atoms in total. The smallest absolute Gasteiger partial charge is 0.315 e. The molecule has 5 amide bonds. The van der Waals surface area contributed by atoms with Crippen molar-refractivity contribution < 1.29 is 32.4 Å². The van der Waals surface area contributed by atoms with Crippen LogP contribution < -0.4 is 21.3 Å². The van der Waals surface area contributed by atoms with Gasteiger partial charge in [0, 0.05) is 13.1 Å². The Hall–Kier alpha value is -3.22. The van der Waals surface area contributed by atoms with Crippen LogP contribution in [0.15, 0.2) is 24.8 Å². The van der Waals surface area contributed by atoms with E-state index in [4.69, 9.17) is 0 Å². The largest absolute Gasteiger partial charge is 0.346 e. The predicted molar refractivity (Wildman–Crippen MR) is 190 cm³/mol. The van der Waals surface area contributed by atoms with Crippen LogP contribution in [0.25, 0.3) is 0 Å². The fourth-order valence-electron chi connectivity index (χ4n) is 7.32. The van der Waals surface area contributed by atoms with Crippen LogP contribution in [0.1, 0.15) is 101 Å². The Morgan fingerprint density at radius 2 is 1.59 bits per heavy atom. The van der Waals surface area contributed by atoms with Gasteiger partial charge in [0.05, 0.1) is 16.0 Å². The molecule has 276 valence electrons. The summed E-state index contributed by atoms with van der Waals surface area (Å²) in [5, 5.41) is 11.1. The van der Waals surface area contributed by atoms with Gasteiger partial charge in [0.25, 0.3) is 5.91 Å². The van der Waals surface area contributed by atoms with Gasteiger partial charge < -0.3 is 26.2 Å². The first-order chi connectivity index (χ1) is 22.5. The Labute approximate surface area is 293 Å². The van der Waals surface area contributed by atoms with Gasteiger partial charge in [-0.2, -0.15) is 0 Å². The molecule has 0 aromatic rings. The number of likely N-dealkylation sites (tertiary alicyclic amines) is 1. The third-order valence-electron chi connectivity index (χ3n) is 10.6. The van der Waals surface area contributed by atoms with Gasteiger partial charge in [-0.05, 0) is 69.6 Å². The molecule has 3 unspecified atom stereocenters. The number of hydrogen-bond donors (Lipinski definition) is 4. The molecule has 1 aliphatic heterocycles. The lowest BCUT2D eigenvalue weighted by Gasteiger charge is -2.41. The van der Waals surface area contributed by atoms with Crippen LogP contribution in [0.2, 0.25) is 0 Å². The van der Waals surface area contributed by atoms with E-state index in [2.05, 4.69) is 27.8 Å². The molecule has 2 aliphatic carbocycles. The van der Waals surface area contributed by atoms with E-state index in [1.807, 2.05) is 34.6 Å². The number of hydrogen-bond acceptors (Lipinski definition) is 7. The Balaban J connectivity index is 1.87. The van der Waals surface area contributed by atoms with Gasteiger partial charge in [-0.3, -0.25) is 19.2 Å². The second-order valence-electron chi connectivity index (χ2n) is 16.7. The number of Topliss-reactive ketones (excluding diaryl/α,β-unsaturated/α-hetero) is 1. The van der Waals surface area contributed by atoms with E-state index in [9.17, 15) is 32.4 Å². The third kappa shape index (κ3) is 9.12. The summed E-state index contributed by atoms with van der Waals surface area (Å²) in [5.74, 6) is -2.94. The number of allylic oxidation sites excluding steroid dienone is 1. The van der Waals surface area contributed by atoms with E-state index in [1.54, 1.807) is 39.8 Å². The van der Waals surface area contributed by atoms with Crippen LogP contribution >= 0.6 is 0 Å². The van der Waals surface area contributed by atoms with Crippen molar-refractivity contribution in [3.05, 3.63) is 24.8 Å². The minimum Gasteiger partial charge on any atom is -0.346 e. The molecule has 0 bridgehead atoms. The number of carbonyl (C=O) groups is 5. The van der Waals surface area contributed by atoms with Gasteiger partial charge in [-0.15, -0.1) is 6.58 Å². The average molecular weight is 706 g/mol. The second kappa shape index (κ2) is 14.9. The molecule has 2 saturated carbocycles. The molecule has 49 heavy (non-hydrogen) atoms. The number of sulfone groups is 1. The summed E-state index contributed by atoms with van der Waals surface area (Å²) < 4.78 is 25.6. The van der Waals surface area contributed by atoms with Crippen LogP contribution in [-0.2, 0) is 29.0 Å². The van der Waals surface area contributed by atoms with Crippen LogP contribution in [0.4, 0.5) is 4.79 Å². The molecule has 1 saturated heterocycles. The first-order valence-corrected chi connectivity index (χ1v) is 19.1. The lowest BCUT2D eigenvalue weighted by atomic mass is 9.83. The lowest BCUT2D eigenvalue weighted by molar-refractivity contribution is -0.145. The highest BCUT2D eigenvalue weighted by Crippen LogP contribution is 2.65. The molecule has 0 aromatic heterocycles. The Kier molecular flexibility index (Phi) is 12.3. The number of amides is 5. The molecule has 3 fully saturated rings. The summed E-state index contributed by atoms with van der Waals surface area (Å²) in [6.07, 6.45) is 8.47. The second-order valence-corrected chi connectivity index (χ2v) is 19.5. The fourth-order valence-corrected chi connectivity index (χ4v) is 8.84. The number of nitrogens with zero attached hydrogens (tertiary/aromatic N) is 1. The van der Waals surface area contributed by atoms with Gasteiger partial charge in [0.1, 0.15) is 18.1 Å². The highest BCUT2D eigenvalue weighted by molar-refractivity contribution is 7.92. The Morgan fingerprint density at radius 1 is 0.980 bits per heavy atom. The maximum atomic E-state index is 14.4. The number of rotatable bonds is 13. The third-order valence-corrected chi connectivity index (χ3v) is 13.4. The number of ketones is 1. The summed E-state index contributed by atoms with van der Waals surface area (Å²) in [7, 11) is -3.57. The number of piperidine rings is 1. The van der Waals surface area contributed by atoms with Gasteiger partial charge in [0.2, 0.25) is 17.6 Å². The lowest BCUT2D eigenvalue weighted by Crippen LogP contribution is -2.64. The van der Waals surface area contributed by atoms with Crippen LogP contribution in [0, 0.1) is 22.7 Å². The molecule has 1 heterocycles. The molecule has 3 rings (SSSR count). The highest BCUT2D eigenvalue weighted by Gasteiger charge is 2.70. The summed E-state index contributed by atoms with van der Waals surface area (Å²) in [5.41, 5.74) is -1.96. The molecule has 5 atom stereocenters. The van der Waals surface area contributed by atoms with E-state index in [1.165, 1.54) is 11.0 Å². The number of fused-ring (bicyclic) bond motifs is 1. The fraction of sp³-hybridized carbons (Fsp3) is 0.750. The highest BCUT2D eigenvalue weighted by atomic mass is 32.2. The van der Waals surface area contributed by atoms with Crippen molar-refractivity contribution in [1.82, 2.24) is 26.2 Å². The van der Waals surface area contributed by atoms with E-state index < -0.39 is 73.2 Å². The summed E-state index contributed by atoms with van der Waals surface area (Å²) in [4.78, 5) is 69.3. The first kappa shape index (κ1) is 40.2. The zero-order valence-electron chi connectivity index (χ0n) is 30.9. The van der Waals surface area contributed by atoms with Crippen molar-refractivity contribution in [2.75, 3.05) is 18.8 Å². The molecule has 13 heteroatoms. The maximum Gasteiger partial charge on any atom is 0.315 e. The molecule has 4 N–H and O–H groups in total. The van der Waals surface area contributed by atoms with Crippen LogP contribution in [-0.4, -0.2) is 90.1 Å². The van der Waals surface area contributed by atoms with Crippen LogP contribution in [0.3, 0.4) is 0 Å². The standard InChI is InChI=1S/C36H59N5O7S/c1-11-13-17-24(27(42)30(44)37-20-12-2)38-29(43)26-25-23(35(25,9)10)21-41(26)31(45)28(33(3,4)5)39-32(46)40-36(18-15-14-16-19-36)22-49(47,48)34(6,7)8/h11-13,23-26,28H,2,14-22H2,1,3-10H3,(H,37,44)(H,38,43)(H2,39,40,46)/b13-11+/t23?,24?,25?,26-,28+/m0/s1. The van der Waals surface area contributed by atoms with Gasteiger partial charge >= 0.3 is 6.03 Å². The van der Waals surface area contributed by atoms with E-state index in [0.717, 1.165) is 19.3 Å². The normalized spacial score (nSPS) is 24.3. The molecular weight excluding hydrogens is 646 g/mol. The van der Waals surface area contributed by atoms with Crippen LogP contribution in [0.5, 0.6) is 0 Å². The molecule has 0 spiro atoms. The minimum absolute atomic E-state index is 0.0373. The van der Waals surface area contributed by atoms with Gasteiger partial charge in [-0.1, -0.05) is 72.1 Å². The predicted octanol–water partition coefficient (Wildman–Crippen LogP) is 3.42. The Morgan fingerprint density at radius 3 is 2.12 bits per heavy atom. The van der Waals surface area contributed by atoms with Crippen molar-refractivity contribution >= 4 is 39.4 Å². The maximum absolute atomic E-state index is 14.4.